The first-order valence-corrected chi connectivity index (χ1v) is 10.7. The number of hydrogen-bond acceptors (Lipinski definition) is 4. The smallest absolute Gasteiger partial charge is 0.274 e. The number of thioether (sulfide) groups is 1. The Kier molecular flexibility index (Phi) is 14.5. The maximum Gasteiger partial charge on any atom is 0.274 e. The molecule has 1 N–H and O–H groups in total. The lowest BCUT2D eigenvalue weighted by Crippen LogP contribution is -2.21. The number of aryl methyl sites for hydroxylation is 2. The molecule has 6 heteroatoms. The molecule has 0 radical (unpaired) electrons. The first-order chi connectivity index (χ1) is 13.9. The lowest BCUT2D eigenvalue weighted by molar-refractivity contribution is -0.105. The van der Waals surface area contributed by atoms with Gasteiger partial charge in [0.05, 0.1) is 7.11 Å². The first kappa shape index (κ1) is 26.8. The molecule has 1 amide bonds. The van der Waals surface area contributed by atoms with E-state index in [2.05, 4.69) is 17.2 Å². The number of nitrogens with one attached hydrogen (secondary N) is 1. The van der Waals surface area contributed by atoms with Crippen molar-refractivity contribution in [3.8, 4) is 0 Å². The molecule has 1 atom stereocenters. The molecular weight excluding hydrogens is 389 g/mol. The Hall–Kier alpha value is -2.18. The average Bonchev–Trinajstić information content (AvgIpc) is 2.74. The Bertz CT molecular complexity index is 735. The van der Waals surface area contributed by atoms with E-state index < -0.39 is 0 Å². The van der Waals surface area contributed by atoms with E-state index in [0.717, 1.165) is 23.8 Å². The van der Waals surface area contributed by atoms with E-state index in [4.69, 9.17) is 0 Å². The zero-order chi connectivity index (χ0) is 22.2. The Morgan fingerprint density at radius 2 is 1.83 bits per heavy atom. The minimum atomic E-state index is -0.226. The minimum absolute atomic E-state index is 0.210. The van der Waals surface area contributed by atoms with Crippen molar-refractivity contribution in [2.75, 3.05) is 12.9 Å². The molecule has 160 valence electrons. The summed E-state index contributed by atoms with van der Waals surface area (Å²) in [6, 6.07) is 12.0. The number of carbonyl (C=O) groups excluding carboxylic acids is 2. The fourth-order valence-electron chi connectivity index (χ4n) is 2.40. The molecule has 0 saturated carbocycles. The van der Waals surface area contributed by atoms with Crippen LogP contribution in [0.1, 0.15) is 60.0 Å². The Labute approximate surface area is 178 Å². The van der Waals surface area contributed by atoms with Gasteiger partial charge in [-0.2, -0.15) is 0 Å². The number of benzene rings is 2. The van der Waals surface area contributed by atoms with Crippen molar-refractivity contribution in [3.63, 3.8) is 0 Å². The van der Waals surface area contributed by atoms with Gasteiger partial charge in [-0.15, -0.1) is 11.8 Å². The molecule has 0 aromatic heterocycles. The molecule has 0 aliphatic carbocycles. The number of hydroxylamine groups is 1. The van der Waals surface area contributed by atoms with E-state index in [9.17, 15) is 14.0 Å². The molecule has 0 saturated heterocycles. The van der Waals surface area contributed by atoms with Gasteiger partial charge in [-0.05, 0) is 61.2 Å². The first-order valence-electron chi connectivity index (χ1n) is 9.66. The van der Waals surface area contributed by atoms with Crippen molar-refractivity contribution < 1.29 is 18.8 Å². The van der Waals surface area contributed by atoms with E-state index in [1.807, 2.05) is 39.8 Å². The molecular formula is C23H32FNO3S. The maximum absolute atomic E-state index is 12.5. The molecule has 4 nitrogen and oxygen atoms in total. The molecule has 0 heterocycles. The van der Waals surface area contributed by atoms with Crippen LogP contribution in [-0.2, 0) is 16.1 Å². The summed E-state index contributed by atoms with van der Waals surface area (Å²) in [6.45, 7) is 10.1. The van der Waals surface area contributed by atoms with E-state index >= 15 is 0 Å². The second-order valence-corrected chi connectivity index (χ2v) is 7.20. The van der Waals surface area contributed by atoms with Gasteiger partial charge in [0.2, 0.25) is 0 Å². The molecule has 2 aromatic carbocycles. The number of carbonyl (C=O) groups is 2. The van der Waals surface area contributed by atoms with Crippen LogP contribution >= 0.6 is 11.8 Å². The van der Waals surface area contributed by atoms with Crippen molar-refractivity contribution in [1.29, 1.82) is 0 Å². The molecule has 2 rings (SSSR count). The Balaban J connectivity index is 0.000000499. The third-order valence-corrected chi connectivity index (χ3v) is 5.03. The van der Waals surface area contributed by atoms with Gasteiger partial charge >= 0.3 is 0 Å². The minimum Gasteiger partial charge on any atom is -0.302 e. The van der Waals surface area contributed by atoms with Crippen LogP contribution in [0.15, 0.2) is 42.5 Å². The van der Waals surface area contributed by atoms with E-state index in [0.29, 0.717) is 11.3 Å². The van der Waals surface area contributed by atoms with Gasteiger partial charge in [-0.1, -0.05) is 39.0 Å². The number of amides is 1. The van der Waals surface area contributed by atoms with Crippen LogP contribution < -0.4 is 5.48 Å². The topological polar surface area (TPSA) is 55.4 Å². The Morgan fingerprint density at radius 3 is 2.31 bits per heavy atom. The molecule has 0 aliphatic rings. The third kappa shape index (κ3) is 10.2. The van der Waals surface area contributed by atoms with Crippen LogP contribution in [0.3, 0.4) is 0 Å². The summed E-state index contributed by atoms with van der Waals surface area (Å²) >= 11 is 1.54. The van der Waals surface area contributed by atoms with E-state index in [1.165, 1.54) is 24.8 Å². The summed E-state index contributed by atoms with van der Waals surface area (Å²) in [7, 11) is 1.42. The van der Waals surface area contributed by atoms with Gasteiger partial charge in [0.15, 0.2) is 0 Å². The zero-order valence-corrected chi connectivity index (χ0v) is 18.9. The molecule has 0 aliphatic heterocycles. The highest BCUT2D eigenvalue weighted by Gasteiger charge is 2.06. The van der Waals surface area contributed by atoms with Crippen molar-refractivity contribution in [3.05, 3.63) is 70.5 Å². The molecule has 0 fully saturated rings. The van der Waals surface area contributed by atoms with Crippen LogP contribution in [0.4, 0.5) is 4.39 Å². The predicted molar refractivity (Wildman–Crippen MR) is 120 cm³/mol. The summed E-state index contributed by atoms with van der Waals surface area (Å²) in [5, 5.41) is 0.241. The van der Waals surface area contributed by atoms with Crippen molar-refractivity contribution in [1.82, 2.24) is 5.48 Å². The maximum atomic E-state index is 12.5. The fourth-order valence-corrected chi connectivity index (χ4v) is 3.12. The van der Waals surface area contributed by atoms with Crippen LogP contribution in [0.2, 0.25) is 0 Å². The molecule has 0 bridgehead atoms. The fraction of sp³-hybridized carbons (Fsp3) is 0.391. The third-order valence-electron chi connectivity index (χ3n) is 3.93. The Morgan fingerprint density at radius 1 is 1.21 bits per heavy atom. The monoisotopic (exact) mass is 421 g/mol. The van der Waals surface area contributed by atoms with Gasteiger partial charge in [0.25, 0.3) is 5.91 Å². The van der Waals surface area contributed by atoms with Gasteiger partial charge < -0.3 is 4.79 Å². The number of halogens is 1. The lowest BCUT2D eigenvalue weighted by Gasteiger charge is -2.08. The van der Waals surface area contributed by atoms with Gasteiger partial charge in [-0.25, -0.2) is 9.87 Å². The standard InChI is InChI=1S/C11H15NO2.C10H11FOS.C2H6/c1-4-9-5-6-10(7-8(9)2)11(13)12-14-3;1-8(13-7-6-12)9-2-4-10(11)5-3-9;1-2/h5-7H,4H2,1-3H3,(H,12,13);2-6,8H,7H2,1H3;1-2H3. The largest absolute Gasteiger partial charge is 0.302 e. The van der Waals surface area contributed by atoms with Crippen LogP contribution in [0.5, 0.6) is 0 Å². The predicted octanol–water partition coefficient (Wildman–Crippen LogP) is 5.69. The van der Waals surface area contributed by atoms with Crippen molar-refractivity contribution in [2.45, 2.75) is 46.3 Å². The van der Waals surface area contributed by atoms with Crippen molar-refractivity contribution in [2.24, 2.45) is 0 Å². The van der Waals surface area contributed by atoms with Gasteiger partial charge in [0, 0.05) is 16.6 Å². The molecule has 2 aromatic rings. The van der Waals surface area contributed by atoms with Gasteiger partial charge in [0.1, 0.15) is 12.1 Å². The second-order valence-electron chi connectivity index (χ2n) is 5.82. The zero-order valence-electron chi connectivity index (χ0n) is 18.1. The SMILES string of the molecule is CC.CC(SCC=O)c1ccc(F)cc1.CCc1ccc(C(=O)NOC)cc1C. The molecule has 0 spiro atoms. The average molecular weight is 422 g/mol. The molecule has 29 heavy (non-hydrogen) atoms. The highest BCUT2D eigenvalue weighted by atomic mass is 32.2. The highest BCUT2D eigenvalue weighted by Crippen LogP contribution is 2.27. The molecule has 1 unspecified atom stereocenters. The summed E-state index contributed by atoms with van der Waals surface area (Å²) in [5.74, 6) is 0.0491. The lowest BCUT2D eigenvalue weighted by atomic mass is 10.0. The van der Waals surface area contributed by atoms with Crippen molar-refractivity contribution >= 4 is 24.0 Å². The summed E-state index contributed by atoms with van der Waals surface area (Å²) in [5.41, 5.74) is 6.36. The van der Waals surface area contributed by atoms with Crippen LogP contribution in [0, 0.1) is 12.7 Å². The summed E-state index contributed by atoms with van der Waals surface area (Å²) in [6.07, 6.45) is 1.86. The number of hydrogen-bond donors (Lipinski definition) is 1. The number of aldehydes is 1. The highest BCUT2D eigenvalue weighted by molar-refractivity contribution is 8.00. The van der Waals surface area contributed by atoms with E-state index in [-0.39, 0.29) is 17.0 Å². The summed E-state index contributed by atoms with van der Waals surface area (Å²) in [4.78, 5) is 26.0. The number of rotatable bonds is 7. The quantitative estimate of drug-likeness (QED) is 0.461. The van der Waals surface area contributed by atoms with Gasteiger partial charge in [-0.3, -0.25) is 9.63 Å². The van der Waals surface area contributed by atoms with Crippen LogP contribution in [-0.4, -0.2) is 25.1 Å². The van der Waals surface area contributed by atoms with Crippen LogP contribution in [0.25, 0.3) is 0 Å². The normalized spacial score (nSPS) is 10.6. The second kappa shape index (κ2) is 15.7. The summed E-state index contributed by atoms with van der Waals surface area (Å²) < 4.78 is 12.5. The van der Waals surface area contributed by atoms with E-state index in [1.54, 1.807) is 30.0 Å².